The van der Waals surface area contributed by atoms with Crippen LogP contribution in [0.15, 0.2) is 24.3 Å². The van der Waals surface area contributed by atoms with Gasteiger partial charge in [0.25, 0.3) is 0 Å². The van der Waals surface area contributed by atoms with Crippen molar-refractivity contribution in [2.24, 2.45) is 0 Å². The molecule has 3 nitrogen and oxygen atoms in total. The molecular formula is C13H13F3O3. The fourth-order valence-corrected chi connectivity index (χ4v) is 1.85. The largest absolute Gasteiger partial charge is 0.416 e. The van der Waals surface area contributed by atoms with Crippen LogP contribution in [0.1, 0.15) is 11.1 Å². The van der Waals surface area contributed by atoms with Crippen molar-refractivity contribution in [3.05, 3.63) is 35.4 Å². The van der Waals surface area contributed by atoms with Gasteiger partial charge in [0, 0.05) is 6.42 Å². The lowest BCUT2D eigenvalue weighted by molar-refractivity contribution is -0.144. The second-order valence-corrected chi connectivity index (χ2v) is 4.28. The van der Waals surface area contributed by atoms with Crippen molar-refractivity contribution in [2.75, 3.05) is 19.8 Å². The van der Waals surface area contributed by atoms with E-state index in [9.17, 15) is 18.0 Å². The van der Waals surface area contributed by atoms with E-state index in [4.69, 9.17) is 9.47 Å². The van der Waals surface area contributed by atoms with Crippen molar-refractivity contribution >= 4 is 5.78 Å². The summed E-state index contributed by atoms with van der Waals surface area (Å²) >= 11 is 0. The average Bonchev–Trinajstić information content (AvgIpc) is 2.39. The van der Waals surface area contributed by atoms with Gasteiger partial charge in [-0.3, -0.25) is 4.79 Å². The Morgan fingerprint density at radius 3 is 2.74 bits per heavy atom. The number of ether oxygens (including phenoxy) is 2. The highest BCUT2D eigenvalue weighted by atomic mass is 19.4. The second kappa shape index (κ2) is 5.71. The molecule has 0 aromatic heterocycles. The van der Waals surface area contributed by atoms with Crippen LogP contribution >= 0.6 is 0 Å². The Kier molecular flexibility index (Phi) is 4.21. The lowest BCUT2D eigenvalue weighted by atomic mass is 10.0. The summed E-state index contributed by atoms with van der Waals surface area (Å²) < 4.78 is 47.9. The molecule has 1 aromatic rings. The third-order valence-electron chi connectivity index (χ3n) is 2.81. The minimum absolute atomic E-state index is 0.0854. The van der Waals surface area contributed by atoms with Crippen molar-refractivity contribution in [3.8, 4) is 0 Å². The Morgan fingerprint density at radius 1 is 1.32 bits per heavy atom. The first-order valence-corrected chi connectivity index (χ1v) is 5.85. The van der Waals surface area contributed by atoms with Crippen LogP contribution in [0.25, 0.3) is 0 Å². The minimum Gasteiger partial charge on any atom is -0.376 e. The van der Waals surface area contributed by atoms with E-state index >= 15 is 0 Å². The summed E-state index contributed by atoms with van der Waals surface area (Å²) in [6.45, 7) is 0.935. The Bertz CT molecular complexity index is 451. The highest BCUT2D eigenvalue weighted by Crippen LogP contribution is 2.29. The molecule has 104 valence electrons. The molecule has 0 spiro atoms. The van der Waals surface area contributed by atoms with Gasteiger partial charge in [0.2, 0.25) is 0 Å². The number of rotatable bonds is 3. The molecule has 6 heteroatoms. The van der Waals surface area contributed by atoms with E-state index in [1.54, 1.807) is 0 Å². The summed E-state index contributed by atoms with van der Waals surface area (Å²) in [5.41, 5.74) is -0.424. The highest BCUT2D eigenvalue weighted by Gasteiger charge is 2.31. The summed E-state index contributed by atoms with van der Waals surface area (Å²) in [6.07, 6.45) is -5.16. The van der Waals surface area contributed by atoms with Gasteiger partial charge in [0.1, 0.15) is 6.10 Å². The van der Waals surface area contributed by atoms with E-state index in [-0.39, 0.29) is 18.8 Å². The number of Topliss-reactive ketones (excluding diaryl/α,β-unsaturated/α-hetero) is 1. The lowest BCUT2D eigenvalue weighted by Gasteiger charge is -2.21. The van der Waals surface area contributed by atoms with Gasteiger partial charge in [0.15, 0.2) is 5.78 Å². The SMILES string of the molecule is O=C(Cc1cccc(C(F)(F)F)c1)C1COCCO1. The van der Waals surface area contributed by atoms with Gasteiger partial charge in [0.05, 0.1) is 25.4 Å². The summed E-state index contributed by atoms with van der Waals surface area (Å²) in [5.74, 6) is -0.265. The second-order valence-electron chi connectivity index (χ2n) is 4.28. The fraction of sp³-hybridized carbons (Fsp3) is 0.462. The smallest absolute Gasteiger partial charge is 0.376 e. The standard InChI is InChI=1S/C13H13F3O3/c14-13(15,16)10-3-1-2-9(6-10)7-11(17)12-8-18-4-5-19-12/h1-3,6,12H,4-5,7-8H2. The summed E-state index contributed by atoms with van der Waals surface area (Å²) in [4.78, 5) is 11.8. The van der Waals surface area contributed by atoms with Gasteiger partial charge in [-0.1, -0.05) is 18.2 Å². The third-order valence-corrected chi connectivity index (χ3v) is 2.81. The molecule has 0 N–H and O–H groups in total. The van der Waals surface area contributed by atoms with Crippen LogP contribution in [0.4, 0.5) is 13.2 Å². The lowest BCUT2D eigenvalue weighted by Crippen LogP contribution is -2.36. The average molecular weight is 274 g/mol. The summed E-state index contributed by atoms with van der Waals surface area (Å²) in [6, 6.07) is 4.76. The van der Waals surface area contributed by atoms with Crippen molar-refractivity contribution in [3.63, 3.8) is 0 Å². The molecule has 1 unspecified atom stereocenters. The molecule has 1 aliphatic heterocycles. The third kappa shape index (κ3) is 3.78. The molecule has 0 bridgehead atoms. The van der Waals surface area contributed by atoms with Crippen LogP contribution in [0.3, 0.4) is 0 Å². The zero-order valence-corrected chi connectivity index (χ0v) is 10.1. The van der Waals surface area contributed by atoms with E-state index in [1.165, 1.54) is 12.1 Å². The zero-order chi connectivity index (χ0) is 13.9. The Balaban J connectivity index is 2.04. The molecule has 19 heavy (non-hydrogen) atoms. The van der Waals surface area contributed by atoms with E-state index < -0.39 is 17.8 Å². The Morgan fingerprint density at radius 2 is 2.11 bits per heavy atom. The number of benzene rings is 1. The molecule has 0 amide bonds. The Labute approximate surface area is 108 Å². The minimum atomic E-state index is -4.40. The number of halogens is 3. The van der Waals surface area contributed by atoms with E-state index in [0.29, 0.717) is 18.8 Å². The predicted octanol–water partition coefficient (Wildman–Crippen LogP) is 2.23. The van der Waals surface area contributed by atoms with Crippen LogP contribution in [0.5, 0.6) is 0 Å². The van der Waals surface area contributed by atoms with Gasteiger partial charge < -0.3 is 9.47 Å². The first-order chi connectivity index (χ1) is 8.97. The van der Waals surface area contributed by atoms with Crippen molar-refractivity contribution in [2.45, 2.75) is 18.7 Å². The first-order valence-electron chi connectivity index (χ1n) is 5.85. The van der Waals surface area contributed by atoms with Gasteiger partial charge >= 0.3 is 6.18 Å². The molecule has 0 aliphatic carbocycles. The highest BCUT2D eigenvalue weighted by molar-refractivity contribution is 5.85. The predicted molar refractivity (Wildman–Crippen MR) is 60.7 cm³/mol. The normalized spacial score (nSPS) is 20.3. The molecule has 1 atom stereocenters. The molecular weight excluding hydrogens is 261 g/mol. The molecule has 0 radical (unpaired) electrons. The number of hydrogen-bond acceptors (Lipinski definition) is 3. The number of alkyl halides is 3. The van der Waals surface area contributed by atoms with Gasteiger partial charge in [-0.25, -0.2) is 0 Å². The maximum atomic E-state index is 12.5. The van der Waals surface area contributed by atoms with Crippen LogP contribution in [-0.4, -0.2) is 31.7 Å². The van der Waals surface area contributed by atoms with Crippen molar-refractivity contribution < 1.29 is 27.4 Å². The first kappa shape index (κ1) is 14.0. The van der Waals surface area contributed by atoms with Crippen LogP contribution < -0.4 is 0 Å². The van der Waals surface area contributed by atoms with Crippen molar-refractivity contribution in [1.82, 2.24) is 0 Å². The summed E-state index contributed by atoms with van der Waals surface area (Å²) in [5, 5.41) is 0. The number of hydrogen-bond donors (Lipinski definition) is 0. The summed E-state index contributed by atoms with van der Waals surface area (Å²) in [7, 11) is 0. The molecule has 2 rings (SSSR count). The molecule has 1 heterocycles. The molecule has 1 aromatic carbocycles. The van der Waals surface area contributed by atoms with Gasteiger partial charge in [-0.2, -0.15) is 13.2 Å². The monoisotopic (exact) mass is 274 g/mol. The maximum Gasteiger partial charge on any atom is 0.416 e. The van der Waals surface area contributed by atoms with Crippen molar-refractivity contribution in [1.29, 1.82) is 0 Å². The quantitative estimate of drug-likeness (QED) is 0.848. The molecule has 1 saturated heterocycles. The van der Waals surface area contributed by atoms with E-state index in [1.807, 2.05) is 0 Å². The van der Waals surface area contributed by atoms with Gasteiger partial charge in [-0.15, -0.1) is 0 Å². The zero-order valence-electron chi connectivity index (χ0n) is 10.1. The maximum absolute atomic E-state index is 12.5. The fourth-order valence-electron chi connectivity index (χ4n) is 1.85. The van der Waals surface area contributed by atoms with E-state index in [2.05, 4.69) is 0 Å². The number of carbonyl (C=O) groups is 1. The Hall–Kier alpha value is -1.40. The van der Waals surface area contributed by atoms with Gasteiger partial charge in [-0.05, 0) is 11.6 Å². The number of ketones is 1. The van der Waals surface area contributed by atoms with Crippen LogP contribution in [0, 0.1) is 0 Å². The molecule has 1 fully saturated rings. The number of carbonyl (C=O) groups excluding carboxylic acids is 1. The molecule has 1 aliphatic rings. The van der Waals surface area contributed by atoms with E-state index in [0.717, 1.165) is 12.1 Å². The molecule has 0 saturated carbocycles. The van der Waals surface area contributed by atoms with Crippen LogP contribution in [-0.2, 0) is 26.9 Å². The topological polar surface area (TPSA) is 35.5 Å². The van der Waals surface area contributed by atoms with Crippen LogP contribution in [0.2, 0.25) is 0 Å².